The maximum Gasteiger partial charge on any atom is 0.246 e. The molecule has 1 aromatic heterocycles. The third-order valence-corrected chi connectivity index (χ3v) is 5.45. The Morgan fingerprint density at radius 2 is 2.29 bits per heavy atom. The molecule has 7 heteroatoms. The van der Waals surface area contributed by atoms with Gasteiger partial charge in [-0.2, -0.15) is 9.40 Å². The van der Waals surface area contributed by atoms with Crippen molar-refractivity contribution in [1.82, 2.24) is 19.4 Å². The molecule has 1 aliphatic rings. The molecule has 0 bridgehead atoms. The smallest absolute Gasteiger partial charge is 0.246 e. The van der Waals surface area contributed by atoms with Gasteiger partial charge in [0.25, 0.3) is 0 Å². The van der Waals surface area contributed by atoms with Gasteiger partial charge in [0.2, 0.25) is 10.0 Å². The molecule has 6 nitrogen and oxygen atoms in total. The molecule has 0 saturated heterocycles. The fraction of sp³-hybridized carbons (Fsp3) is 0.643. The summed E-state index contributed by atoms with van der Waals surface area (Å²) in [7, 11) is -3.51. The predicted octanol–water partition coefficient (Wildman–Crippen LogP) is 1.22. The number of hydrogen-bond acceptors (Lipinski definition) is 4. The van der Waals surface area contributed by atoms with Crippen molar-refractivity contribution in [3.8, 4) is 0 Å². The number of sulfonamides is 1. The Morgan fingerprint density at radius 3 is 2.86 bits per heavy atom. The average Bonchev–Trinajstić information content (AvgIpc) is 3.11. The second-order valence-electron chi connectivity index (χ2n) is 5.62. The lowest BCUT2D eigenvalue weighted by molar-refractivity contribution is 0.383. The second-order valence-corrected chi connectivity index (χ2v) is 7.52. The first kappa shape index (κ1) is 16.2. The topological polar surface area (TPSA) is 67.2 Å². The van der Waals surface area contributed by atoms with E-state index in [-0.39, 0.29) is 10.9 Å². The number of nitrogens with zero attached hydrogens (tertiary/aromatic N) is 3. The van der Waals surface area contributed by atoms with Gasteiger partial charge in [-0.15, -0.1) is 6.58 Å². The summed E-state index contributed by atoms with van der Waals surface area (Å²) in [6.45, 7) is 9.12. The molecule has 2 rings (SSSR count). The van der Waals surface area contributed by atoms with Crippen LogP contribution in [0, 0.1) is 0 Å². The fourth-order valence-corrected chi connectivity index (χ4v) is 3.68. The Kier molecular flexibility index (Phi) is 5.18. The molecule has 0 spiro atoms. The first-order chi connectivity index (χ1) is 9.95. The molecule has 1 aromatic rings. The van der Waals surface area contributed by atoms with E-state index in [1.165, 1.54) is 23.3 Å². The lowest BCUT2D eigenvalue weighted by Crippen LogP contribution is -2.36. The van der Waals surface area contributed by atoms with E-state index in [2.05, 4.69) is 17.0 Å². The van der Waals surface area contributed by atoms with Crippen LogP contribution in [0.1, 0.15) is 26.7 Å². The Hall–Kier alpha value is -1.18. The van der Waals surface area contributed by atoms with Crippen LogP contribution in [-0.4, -0.2) is 47.7 Å². The lowest BCUT2D eigenvalue weighted by Gasteiger charge is -2.23. The molecule has 0 amide bonds. The van der Waals surface area contributed by atoms with Gasteiger partial charge in [-0.05, 0) is 26.7 Å². The van der Waals surface area contributed by atoms with Crippen LogP contribution in [0.2, 0.25) is 0 Å². The van der Waals surface area contributed by atoms with Crippen LogP contribution < -0.4 is 5.32 Å². The highest BCUT2D eigenvalue weighted by Crippen LogP contribution is 2.19. The molecule has 1 N–H and O–H groups in total. The van der Waals surface area contributed by atoms with Crippen LogP contribution in [0.5, 0.6) is 0 Å². The minimum atomic E-state index is -3.51. The molecule has 0 aliphatic heterocycles. The van der Waals surface area contributed by atoms with E-state index in [4.69, 9.17) is 0 Å². The van der Waals surface area contributed by atoms with Gasteiger partial charge in [0, 0.05) is 31.4 Å². The molecule has 1 aliphatic carbocycles. The lowest BCUT2D eigenvalue weighted by atomic mass is 10.4. The summed E-state index contributed by atoms with van der Waals surface area (Å²) in [5.74, 6) is 0. The van der Waals surface area contributed by atoms with Crippen molar-refractivity contribution >= 4 is 10.0 Å². The predicted molar refractivity (Wildman–Crippen MR) is 82.5 cm³/mol. The summed E-state index contributed by atoms with van der Waals surface area (Å²) in [6, 6.07) is 0.528. The molecule has 21 heavy (non-hydrogen) atoms. The fourth-order valence-electron chi connectivity index (χ4n) is 2.12. The highest BCUT2D eigenvalue weighted by atomic mass is 32.2. The monoisotopic (exact) mass is 312 g/mol. The molecule has 0 aromatic carbocycles. The largest absolute Gasteiger partial charge is 0.312 e. The van der Waals surface area contributed by atoms with Crippen molar-refractivity contribution < 1.29 is 8.42 Å². The van der Waals surface area contributed by atoms with Gasteiger partial charge in [-0.3, -0.25) is 4.68 Å². The summed E-state index contributed by atoms with van der Waals surface area (Å²) in [5.41, 5.74) is 0. The number of aromatic nitrogens is 2. The van der Waals surface area contributed by atoms with E-state index in [0.29, 0.717) is 19.1 Å². The molecular formula is C14H24N4O2S. The quantitative estimate of drug-likeness (QED) is 0.696. The van der Waals surface area contributed by atoms with Crippen LogP contribution in [0.15, 0.2) is 29.9 Å². The van der Waals surface area contributed by atoms with Gasteiger partial charge < -0.3 is 5.32 Å². The molecule has 1 fully saturated rings. The summed E-state index contributed by atoms with van der Waals surface area (Å²) in [6.07, 6.45) is 7.10. The molecule has 1 heterocycles. The van der Waals surface area contributed by atoms with E-state index < -0.39 is 10.0 Å². The zero-order valence-electron chi connectivity index (χ0n) is 12.7. The van der Waals surface area contributed by atoms with Crippen LogP contribution in [0.4, 0.5) is 0 Å². The summed E-state index contributed by atoms with van der Waals surface area (Å²) < 4.78 is 28.3. The zero-order valence-corrected chi connectivity index (χ0v) is 13.5. The van der Waals surface area contributed by atoms with Crippen LogP contribution in [0.3, 0.4) is 0 Å². The molecule has 0 unspecified atom stereocenters. The average molecular weight is 312 g/mol. The maximum atomic E-state index is 12.6. The SMILES string of the molecule is C=CCN(C(C)C)S(=O)(=O)c1cnn(CCNC2CC2)c1. The highest BCUT2D eigenvalue weighted by Gasteiger charge is 2.27. The zero-order chi connectivity index (χ0) is 15.5. The molecule has 118 valence electrons. The van der Waals surface area contributed by atoms with Gasteiger partial charge in [0.1, 0.15) is 4.90 Å². The first-order valence-corrected chi connectivity index (χ1v) is 8.77. The second kappa shape index (κ2) is 6.72. The van der Waals surface area contributed by atoms with Crippen molar-refractivity contribution in [2.45, 2.75) is 50.2 Å². The molecular weight excluding hydrogens is 288 g/mol. The van der Waals surface area contributed by atoms with Gasteiger partial charge >= 0.3 is 0 Å². The molecule has 0 atom stereocenters. The van der Waals surface area contributed by atoms with Crippen molar-refractivity contribution in [2.75, 3.05) is 13.1 Å². The first-order valence-electron chi connectivity index (χ1n) is 7.33. The van der Waals surface area contributed by atoms with Crippen LogP contribution in [0.25, 0.3) is 0 Å². The van der Waals surface area contributed by atoms with Crippen molar-refractivity contribution in [3.63, 3.8) is 0 Å². The summed E-state index contributed by atoms with van der Waals surface area (Å²) in [5, 5.41) is 7.53. The van der Waals surface area contributed by atoms with Gasteiger partial charge in [-0.1, -0.05) is 6.08 Å². The summed E-state index contributed by atoms with van der Waals surface area (Å²) >= 11 is 0. The Balaban J connectivity index is 2.04. The Labute approximate surface area is 126 Å². The van der Waals surface area contributed by atoms with Crippen molar-refractivity contribution in [3.05, 3.63) is 25.0 Å². The third-order valence-electron chi connectivity index (χ3n) is 3.45. The van der Waals surface area contributed by atoms with Crippen molar-refractivity contribution in [2.24, 2.45) is 0 Å². The highest BCUT2D eigenvalue weighted by molar-refractivity contribution is 7.89. The maximum absolute atomic E-state index is 12.6. The number of nitrogens with one attached hydrogen (secondary N) is 1. The van der Waals surface area contributed by atoms with E-state index in [1.54, 1.807) is 17.0 Å². The Bertz CT molecular complexity index is 576. The van der Waals surface area contributed by atoms with Gasteiger partial charge in [0.15, 0.2) is 0 Å². The van der Waals surface area contributed by atoms with Crippen LogP contribution >= 0.6 is 0 Å². The van der Waals surface area contributed by atoms with E-state index in [9.17, 15) is 8.42 Å². The Morgan fingerprint density at radius 1 is 1.57 bits per heavy atom. The van der Waals surface area contributed by atoms with Crippen molar-refractivity contribution in [1.29, 1.82) is 0 Å². The summed E-state index contributed by atoms with van der Waals surface area (Å²) in [4.78, 5) is 0.240. The van der Waals surface area contributed by atoms with E-state index >= 15 is 0 Å². The van der Waals surface area contributed by atoms with Gasteiger partial charge in [0.05, 0.1) is 12.7 Å². The van der Waals surface area contributed by atoms with Crippen LogP contribution in [-0.2, 0) is 16.6 Å². The van der Waals surface area contributed by atoms with E-state index in [0.717, 1.165) is 6.54 Å². The normalized spacial score (nSPS) is 15.8. The minimum absolute atomic E-state index is 0.118. The van der Waals surface area contributed by atoms with E-state index in [1.807, 2.05) is 13.8 Å². The molecule has 0 radical (unpaired) electrons. The number of rotatable bonds is 9. The number of hydrogen-bond donors (Lipinski definition) is 1. The van der Waals surface area contributed by atoms with Gasteiger partial charge in [-0.25, -0.2) is 8.42 Å². The molecule has 1 saturated carbocycles. The third kappa shape index (κ3) is 4.15. The standard InChI is InChI=1S/C14H24N4O2S/c1-4-8-18(12(2)3)21(19,20)14-10-16-17(11-14)9-7-15-13-5-6-13/h4,10-13,15H,1,5-9H2,2-3H3. The minimum Gasteiger partial charge on any atom is -0.312 e.